The topological polar surface area (TPSA) is 41.1 Å². The Bertz CT molecular complexity index is 858. The van der Waals surface area contributed by atoms with Crippen LogP contribution >= 0.6 is 0 Å². The van der Waals surface area contributed by atoms with E-state index in [1.54, 1.807) is 12.1 Å². The molecule has 3 rings (SSSR count). The second-order valence-corrected chi connectivity index (χ2v) is 5.89. The third kappa shape index (κ3) is 4.67. The fourth-order valence-corrected chi connectivity index (χ4v) is 2.48. The molecule has 0 aliphatic heterocycles. The summed E-state index contributed by atoms with van der Waals surface area (Å²) in [6.07, 6.45) is 0.194. The average Bonchev–Trinajstić information content (AvgIpc) is 2.61. The van der Waals surface area contributed by atoms with E-state index < -0.39 is 0 Å². The predicted octanol–water partition coefficient (Wildman–Crippen LogP) is 5.06. The zero-order chi connectivity index (χ0) is 17.6. The van der Waals surface area contributed by atoms with E-state index in [-0.39, 0.29) is 18.1 Å². The highest BCUT2D eigenvalue weighted by atomic mass is 19.1. The minimum absolute atomic E-state index is 0.148. The summed E-state index contributed by atoms with van der Waals surface area (Å²) in [6, 6.07) is 21.5. The molecule has 0 aliphatic carbocycles. The molecule has 1 amide bonds. The molecule has 3 aromatic carbocycles. The van der Waals surface area contributed by atoms with Crippen molar-refractivity contribution in [2.75, 3.05) is 10.6 Å². The molecule has 0 saturated carbocycles. The van der Waals surface area contributed by atoms with Crippen LogP contribution in [-0.2, 0) is 11.2 Å². The van der Waals surface area contributed by atoms with Crippen LogP contribution in [0.5, 0.6) is 0 Å². The molecule has 4 heteroatoms. The molecule has 0 atom stereocenters. The number of aryl methyl sites for hydroxylation is 1. The molecule has 2 N–H and O–H groups in total. The van der Waals surface area contributed by atoms with Gasteiger partial charge in [-0.2, -0.15) is 0 Å². The molecule has 126 valence electrons. The summed E-state index contributed by atoms with van der Waals surface area (Å²) >= 11 is 0. The van der Waals surface area contributed by atoms with Crippen LogP contribution in [0.1, 0.15) is 11.1 Å². The molecule has 0 aliphatic rings. The number of nitrogens with one attached hydrogen (secondary N) is 2. The van der Waals surface area contributed by atoms with Crippen molar-refractivity contribution in [2.24, 2.45) is 0 Å². The first kappa shape index (κ1) is 16.7. The van der Waals surface area contributed by atoms with Crippen molar-refractivity contribution in [1.29, 1.82) is 0 Å². The number of carbonyl (C=O) groups is 1. The van der Waals surface area contributed by atoms with Gasteiger partial charge in [0, 0.05) is 5.69 Å². The van der Waals surface area contributed by atoms with Crippen molar-refractivity contribution in [1.82, 2.24) is 0 Å². The standard InChI is InChI=1S/C21H19FN2O/c1-15-6-12-18(13-7-15)23-19-4-2-3-5-20(19)24-21(25)14-16-8-10-17(22)11-9-16/h2-13,23H,14H2,1H3,(H,24,25). The molecule has 3 aromatic rings. The molecule has 0 unspecified atom stereocenters. The van der Waals surface area contributed by atoms with E-state index in [0.717, 1.165) is 16.9 Å². The van der Waals surface area contributed by atoms with Crippen molar-refractivity contribution in [3.63, 3.8) is 0 Å². The third-order valence-electron chi connectivity index (χ3n) is 3.81. The molecule has 0 fully saturated rings. The number of carbonyl (C=O) groups excluding carboxylic acids is 1. The first-order chi connectivity index (χ1) is 12.1. The second kappa shape index (κ2) is 7.62. The van der Waals surface area contributed by atoms with Gasteiger partial charge in [0.2, 0.25) is 5.91 Å². The normalized spacial score (nSPS) is 10.3. The molecule has 0 saturated heterocycles. The molecule has 3 nitrogen and oxygen atoms in total. The Labute approximate surface area is 146 Å². The predicted molar refractivity (Wildman–Crippen MR) is 99.6 cm³/mol. The van der Waals surface area contributed by atoms with E-state index in [4.69, 9.17) is 0 Å². The van der Waals surface area contributed by atoms with Crippen LogP contribution in [-0.4, -0.2) is 5.91 Å². The molecule has 25 heavy (non-hydrogen) atoms. The largest absolute Gasteiger partial charge is 0.354 e. The summed E-state index contributed by atoms with van der Waals surface area (Å²) in [5.41, 5.74) is 4.43. The van der Waals surface area contributed by atoms with E-state index in [2.05, 4.69) is 10.6 Å². The van der Waals surface area contributed by atoms with Gasteiger partial charge in [-0.05, 0) is 48.9 Å². The van der Waals surface area contributed by atoms with Gasteiger partial charge in [0.1, 0.15) is 5.82 Å². The highest BCUT2D eigenvalue weighted by Crippen LogP contribution is 2.25. The lowest BCUT2D eigenvalue weighted by molar-refractivity contribution is -0.115. The lowest BCUT2D eigenvalue weighted by Gasteiger charge is -2.13. The lowest BCUT2D eigenvalue weighted by Crippen LogP contribution is -2.15. The fraction of sp³-hybridized carbons (Fsp3) is 0.0952. The Morgan fingerprint density at radius 2 is 1.52 bits per heavy atom. The van der Waals surface area contributed by atoms with Gasteiger partial charge >= 0.3 is 0 Å². The maximum atomic E-state index is 12.9. The third-order valence-corrected chi connectivity index (χ3v) is 3.81. The molecule has 0 radical (unpaired) electrons. The quantitative estimate of drug-likeness (QED) is 0.685. The smallest absolute Gasteiger partial charge is 0.228 e. The minimum atomic E-state index is -0.309. The van der Waals surface area contributed by atoms with Crippen LogP contribution in [0, 0.1) is 12.7 Å². The summed E-state index contributed by atoms with van der Waals surface area (Å²) in [4.78, 5) is 12.3. The number of anilines is 3. The average molecular weight is 334 g/mol. The van der Waals surface area contributed by atoms with Crippen molar-refractivity contribution in [3.05, 3.63) is 89.7 Å². The van der Waals surface area contributed by atoms with Crippen LogP contribution in [0.4, 0.5) is 21.5 Å². The van der Waals surface area contributed by atoms with Crippen molar-refractivity contribution in [2.45, 2.75) is 13.3 Å². The first-order valence-corrected chi connectivity index (χ1v) is 8.07. The van der Waals surface area contributed by atoms with E-state index in [9.17, 15) is 9.18 Å². The molecular weight excluding hydrogens is 315 g/mol. The molecule has 0 aromatic heterocycles. The first-order valence-electron chi connectivity index (χ1n) is 8.07. The van der Waals surface area contributed by atoms with Gasteiger partial charge in [0.05, 0.1) is 17.8 Å². The van der Waals surface area contributed by atoms with Gasteiger partial charge < -0.3 is 10.6 Å². The van der Waals surface area contributed by atoms with Crippen LogP contribution in [0.3, 0.4) is 0 Å². The molecule has 0 spiro atoms. The number of hydrogen-bond donors (Lipinski definition) is 2. The molecular formula is C21H19FN2O. The Balaban J connectivity index is 1.70. The van der Waals surface area contributed by atoms with E-state index >= 15 is 0 Å². The summed E-state index contributed by atoms with van der Waals surface area (Å²) in [5, 5.41) is 6.22. The highest BCUT2D eigenvalue weighted by Gasteiger charge is 2.08. The Morgan fingerprint density at radius 1 is 0.880 bits per heavy atom. The van der Waals surface area contributed by atoms with Crippen LogP contribution < -0.4 is 10.6 Å². The zero-order valence-electron chi connectivity index (χ0n) is 13.9. The zero-order valence-corrected chi connectivity index (χ0v) is 13.9. The van der Waals surface area contributed by atoms with Gasteiger partial charge in [-0.3, -0.25) is 4.79 Å². The molecule has 0 bridgehead atoms. The number of benzene rings is 3. The van der Waals surface area contributed by atoms with E-state index in [1.165, 1.54) is 17.7 Å². The van der Waals surface area contributed by atoms with Crippen molar-refractivity contribution in [3.8, 4) is 0 Å². The lowest BCUT2D eigenvalue weighted by atomic mass is 10.1. The number of rotatable bonds is 5. The van der Waals surface area contributed by atoms with Crippen molar-refractivity contribution < 1.29 is 9.18 Å². The monoisotopic (exact) mass is 334 g/mol. The van der Waals surface area contributed by atoms with Crippen molar-refractivity contribution >= 4 is 23.0 Å². The summed E-state index contributed by atoms with van der Waals surface area (Å²) in [6.45, 7) is 2.04. The number of hydrogen-bond acceptors (Lipinski definition) is 2. The number of amides is 1. The number of halogens is 1. The van der Waals surface area contributed by atoms with Gasteiger partial charge in [0.25, 0.3) is 0 Å². The Kier molecular flexibility index (Phi) is 5.09. The van der Waals surface area contributed by atoms with Gasteiger partial charge in [0.15, 0.2) is 0 Å². The highest BCUT2D eigenvalue weighted by molar-refractivity contribution is 5.96. The summed E-state index contributed by atoms with van der Waals surface area (Å²) < 4.78 is 12.9. The maximum absolute atomic E-state index is 12.9. The van der Waals surface area contributed by atoms with E-state index in [0.29, 0.717) is 5.69 Å². The van der Waals surface area contributed by atoms with Crippen LogP contribution in [0.15, 0.2) is 72.8 Å². The number of para-hydroxylation sites is 2. The Hall–Kier alpha value is -3.14. The van der Waals surface area contributed by atoms with Gasteiger partial charge in [-0.25, -0.2) is 4.39 Å². The van der Waals surface area contributed by atoms with Crippen LogP contribution in [0.2, 0.25) is 0 Å². The summed E-state index contributed by atoms with van der Waals surface area (Å²) in [7, 11) is 0. The van der Waals surface area contributed by atoms with Gasteiger partial charge in [-0.1, -0.05) is 42.0 Å². The van der Waals surface area contributed by atoms with E-state index in [1.807, 2.05) is 55.5 Å². The van der Waals surface area contributed by atoms with Crippen LogP contribution in [0.25, 0.3) is 0 Å². The van der Waals surface area contributed by atoms with Gasteiger partial charge in [-0.15, -0.1) is 0 Å². The maximum Gasteiger partial charge on any atom is 0.228 e. The fourth-order valence-electron chi connectivity index (χ4n) is 2.48. The minimum Gasteiger partial charge on any atom is -0.354 e. The Morgan fingerprint density at radius 3 is 2.20 bits per heavy atom. The summed E-state index contributed by atoms with van der Waals surface area (Å²) in [5.74, 6) is -0.457. The second-order valence-electron chi connectivity index (χ2n) is 5.89. The SMILES string of the molecule is Cc1ccc(Nc2ccccc2NC(=O)Cc2ccc(F)cc2)cc1. The molecule has 0 heterocycles.